The van der Waals surface area contributed by atoms with E-state index in [1.807, 2.05) is 6.07 Å². The number of benzene rings is 2. The maximum absolute atomic E-state index is 11.1. The summed E-state index contributed by atoms with van der Waals surface area (Å²) in [6.45, 7) is 11.7. The number of likely N-dealkylation sites (tertiary alicyclic amines) is 1. The van der Waals surface area contributed by atoms with Crippen LogP contribution in [0, 0.1) is 0 Å². The number of carboxylic acid groups (broad SMARTS) is 1. The predicted molar refractivity (Wildman–Crippen MR) is 180 cm³/mol. The van der Waals surface area contributed by atoms with Crippen LogP contribution >= 0.6 is 0 Å². The van der Waals surface area contributed by atoms with Gasteiger partial charge in [-0.05, 0) is 93.1 Å². The Bertz CT molecular complexity index is 1310. The average molecular weight is 601 g/mol. The molecule has 3 heterocycles. The minimum Gasteiger partial charge on any atom is -0.494 e. The minimum absolute atomic E-state index is 0.107. The Balaban J connectivity index is 1.10. The molecule has 0 saturated carbocycles. The molecule has 1 aromatic heterocycles. The third-order valence-corrected chi connectivity index (χ3v) is 9.24. The zero-order valence-corrected chi connectivity index (χ0v) is 26.8. The second-order valence-electron chi connectivity index (χ2n) is 12.7. The number of aryl methyl sites for hydroxylation is 2. The molecule has 44 heavy (non-hydrogen) atoms. The zero-order valence-electron chi connectivity index (χ0n) is 26.8. The van der Waals surface area contributed by atoms with Crippen molar-refractivity contribution < 1.29 is 14.6 Å². The molecule has 0 bridgehead atoms. The topological polar surface area (TPSA) is 69.1 Å². The van der Waals surface area contributed by atoms with Gasteiger partial charge in [0.15, 0.2) is 0 Å². The maximum Gasteiger partial charge on any atom is 0.303 e. The number of anilines is 1. The van der Waals surface area contributed by atoms with Gasteiger partial charge in [-0.25, -0.2) is 0 Å². The summed E-state index contributed by atoms with van der Waals surface area (Å²) >= 11 is 0. The highest BCUT2D eigenvalue weighted by molar-refractivity contribution is 5.92. The number of fused-ring (bicyclic) bond motifs is 1. The molecule has 7 nitrogen and oxygen atoms in total. The number of carboxylic acids is 1. The molecular weight excluding hydrogens is 548 g/mol. The van der Waals surface area contributed by atoms with Crippen molar-refractivity contribution in [1.29, 1.82) is 0 Å². The lowest BCUT2D eigenvalue weighted by atomic mass is 10.0. The Kier molecular flexibility index (Phi) is 12.3. The molecule has 2 aliphatic rings. The van der Waals surface area contributed by atoms with Gasteiger partial charge in [0.25, 0.3) is 0 Å². The third kappa shape index (κ3) is 9.67. The van der Waals surface area contributed by atoms with E-state index in [1.54, 1.807) is 0 Å². The number of ether oxygens (including phenoxy) is 1. The number of unbranched alkanes of at least 4 members (excludes halogenated alkanes) is 1. The molecule has 3 aromatic rings. The van der Waals surface area contributed by atoms with E-state index in [-0.39, 0.29) is 6.42 Å². The number of rotatable bonds is 15. The highest BCUT2D eigenvalue weighted by atomic mass is 16.5. The lowest BCUT2D eigenvalue weighted by Crippen LogP contribution is -2.47. The van der Waals surface area contributed by atoms with Gasteiger partial charge in [-0.2, -0.15) is 0 Å². The fraction of sp³-hybridized carbons (Fsp3) is 0.568. The van der Waals surface area contributed by atoms with Gasteiger partial charge < -0.3 is 19.6 Å². The van der Waals surface area contributed by atoms with E-state index in [2.05, 4.69) is 64.1 Å². The van der Waals surface area contributed by atoms with Crippen LogP contribution in [0.5, 0.6) is 5.75 Å². The third-order valence-electron chi connectivity index (χ3n) is 9.24. The number of aliphatic carboxylic acids is 1. The number of hydrogen-bond acceptors (Lipinski definition) is 6. The summed E-state index contributed by atoms with van der Waals surface area (Å²) < 4.78 is 6.05. The molecule has 0 radical (unpaired) electrons. The van der Waals surface area contributed by atoms with E-state index in [0.29, 0.717) is 6.42 Å². The largest absolute Gasteiger partial charge is 0.494 e. The standard InChI is InChI=1S/C37H52N4O3/c1-2-3-9-31-28-32-12-13-33(14-17-36(42)43)38-37(32)35(29-31)41-25-23-40(24-26-41)22-18-30-10-15-34(16-11-30)44-27-8-21-39-19-6-4-5-7-20-39/h10-13,15-16,28-29H,2-9,14,17-27H2,1H3,(H,42,43). The molecule has 0 atom stereocenters. The molecule has 2 fully saturated rings. The lowest BCUT2D eigenvalue weighted by molar-refractivity contribution is -0.136. The van der Waals surface area contributed by atoms with Crippen molar-refractivity contribution in [3.05, 3.63) is 65.4 Å². The van der Waals surface area contributed by atoms with Crippen molar-refractivity contribution in [3.63, 3.8) is 0 Å². The van der Waals surface area contributed by atoms with Crippen LogP contribution in [-0.2, 0) is 24.1 Å². The number of pyridine rings is 1. The van der Waals surface area contributed by atoms with Crippen LogP contribution in [-0.4, -0.2) is 84.8 Å². The van der Waals surface area contributed by atoms with E-state index >= 15 is 0 Å². The Labute approximate surface area is 264 Å². The Morgan fingerprint density at radius 1 is 0.795 bits per heavy atom. The van der Waals surface area contributed by atoms with Crippen LogP contribution in [0.1, 0.15) is 75.1 Å². The van der Waals surface area contributed by atoms with Gasteiger partial charge in [0.2, 0.25) is 0 Å². The van der Waals surface area contributed by atoms with Gasteiger partial charge in [0.1, 0.15) is 5.75 Å². The van der Waals surface area contributed by atoms with E-state index in [1.165, 1.54) is 68.4 Å². The van der Waals surface area contributed by atoms with Crippen LogP contribution in [0.4, 0.5) is 5.69 Å². The Morgan fingerprint density at radius 3 is 2.27 bits per heavy atom. The quantitative estimate of drug-likeness (QED) is 0.197. The average Bonchev–Trinajstić information content (AvgIpc) is 3.33. The van der Waals surface area contributed by atoms with Gasteiger partial charge in [-0.15, -0.1) is 0 Å². The summed E-state index contributed by atoms with van der Waals surface area (Å²) in [5.74, 6) is 0.197. The van der Waals surface area contributed by atoms with Gasteiger partial charge in [0, 0.05) is 56.8 Å². The Morgan fingerprint density at radius 2 is 1.55 bits per heavy atom. The summed E-state index contributed by atoms with van der Waals surface area (Å²) in [6, 6.07) is 17.4. The number of piperazine rings is 1. The van der Waals surface area contributed by atoms with E-state index in [9.17, 15) is 4.79 Å². The molecule has 2 aliphatic heterocycles. The first-order valence-corrected chi connectivity index (χ1v) is 17.1. The van der Waals surface area contributed by atoms with Gasteiger partial charge in [-0.3, -0.25) is 14.7 Å². The number of hydrogen-bond donors (Lipinski definition) is 1. The van der Waals surface area contributed by atoms with E-state index in [4.69, 9.17) is 14.8 Å². The maximum atomic E-state index is 11.1. The van der Waals surface area contributed by atoms with Crippen LogP contribution in [0.25, 0.3) is 10.9 Å². The van der Waals surface area contributed by atoms with Crippen molar-refractivity contribution in [2.45, 2.75) is 77.6 Å². The summed E-state index contributed by atoms with van der Waals surface area (Å²) in [5, 5.41) is 10.3. The second kappa shape index (κ2) is 16.8. The van der Waals surface area contributed by atoms with Crippen LogP contribution in [0.15, 0.2) is 48.5 Å². The SMILES string of the molecule is CCCCc1cc(N2CCN(CCc3ccc(OCCCN4CCCCCC4)cc3)CC2)c2nc(CCC(=O)O)ccc2c1. The normalized spacial score (nSPS) is 16.7. The molecule has 5 rings (SSSR count). The minimum atomic E-state index is -0.781. The van der Waals surface area contributed by atoms with Crippen molar-refractivity contribution >= 4 is 22.6 Å². The van der Waals surface area contributed by atoms with Gasteiger partial charge >= 0.3 is 5.97 Å². The summed E-state index contributed by atoms with van der Waals surface area (Å²) in [6.07, 6.45) is 11.6. The van der Waals surface area contributed by atoms with Gasteiger partial charge in [-0.1, -0.05) is 44.4 Å². The van der Waals surface area contributed by atoms with Crippen molar-refractivity contribution in [3.8, 4) is 5.75 Å². The fourth-order valence-electron chi connectivity index (χ4n) is 6.55. The summed E-state index contributed by atoms with van der Waals surface area (Å²) in [5.41, 5.74) is 5.78. The monoisotopic (exact) mass is 600 g/mol. The molecule has 0 aliphatic carbocycles. The summed E-state index contributed by atoms with van der Waals surface area (Å²) in [7, 11) is 0. The van der Waals surface area contributed by atoms with Gasteiger partial charge in [0.05, 0.1) is 24.2 Å². The molecule has 0 spiro atoms. The highest BCUT2D eigenvalue weighted by Crippen LogP contribution is 2.30. The molecule has 238 valence electrons. The van der Waals surface area contributed by atoms with Crippen LogP contribution < -0.4 is 9.64 Å². The molecule has 2 aromatic carbocycles. The van der Waals surface area contributed by atoms with E-state index in [0.717, 1.165) is 87.5 Å². The number of nitrogens with zero attached hydrogens (tertiary/aromatic N) is 4. The second-order valence-corrected chi connectivity index (χ2v) is 12.7. The molecule has 0 amide bonds. The van der Waals surface area contributed by atoms with Crippen LogP contribution in [0.2, 0.25) is 0 Å². The zero-order chi connectivity index (χ0) is 30.6. The molecule has 2 saturated heterocycles. The first-order valence-electron chi connectivity index (χ1n) is 17.1. The first kappa shape index (κ1) is 32.2. The molecule has 0 unspecified atom stereocenters. The van der Waals surface area contributed by atoms with Crippen LogP contribution in [0.3, 0.4) is 0 Å². The van der Waals surface area contributed by atoms with Crippen molar-refractivity contribution in [2.75, 3.05) is 63.9 Å². The molecule has 1 N–H and O–H groups in total. The first-order chi connectivity index (χ1) is 21.6. The van der Waals surface area contributed by atoms with Crippen molar-refractivity contribution in [1.82, 2.24) is 14.8 Å². The highest BCUT2D eigenvalue weighted by Gasteiger charge is 2.20. The van der Waals surface area contributed by atoms with Crippen molar-refractivity contribution in [2.24, 2.45) is 0 Å². The molecular formula is C37H52N4O3. The van der Waals surface area contributed by atoms with E-state index < -0.39 is 5.97 Å². The smallest absolute Gasteiger partial charge is 0.303 e. The predicted octanol–water partition coefficient (Wildman–Crippen LogP) is 6.60. The lowest BCUT2D eigenvalue weighted by Gasteiger charge is -2.36. The fourth-order valence-corrected chi connectivity index (χ4v) is 6.55. The number of carbonyl (C=O) groups is 1. The number of aromatic nitrogens is 1. The summed E-state index contributed by atoms with van der Waals surface area (Å²) in [4.78, 5) is 23.8. The Hall–Kier alpha value is -3.16. The molecule has 7 heteroatoms.